The van der Waals surface area contributed by atoms with E-state index in [2.05, 4.69) is 17.2 Å². The van der Waals surface area contributed by atoms with Gasteiger partial charge in [-0.3, -0.25) is 0 Å². The Hall–Kier alpha value is -0.450. The van der Waals surface area contributed by atoms with Gasteiger partial charge in [0.25, 0.3) is 0 Å². The van der Waals surface area contributed by atoms with E-state index in [-0.39, 0.29) is 0 Å². The van der Waals surface area contributed by atoms with Gasteiger partial charge in [0.2, 0.25) is 0 Å². The number of rotatable bonds is 3. The van der Waals surface area contributed by atoms with E-state index >= 15 is 0 Å². The zero-order chi connectivity index (χ0) is 9.97. The highest BCUT2D eigenvalue weighted by Crippen LogP contribution is 2.28. The molecule has 0 aromatic carbocycles. The van der Waals surface area contributed by atoms with E-state index in [1.165, 1.54) is 22.0 Å². The summed E-state index contributed by atoms with van der Waals surface area (Å²) in [5.41, 5.74) is 6.84. The SMILES string of the molecule is Cc1sc(CCN)nc1C1CCNC1. The zero-order valence-electron chi connectivity index (χ0n) is 8.55. The fraction of sp³-hybridized carbons (Fsp3) is 0.700. The minimum absolute atomic E-state index is 0.637. The Labute approximate surface area is 88.7 Å². The molecule has 1 fully saturated rings. The van der Waals surface area contributed by atoms with Crippen molar-refractivity contribution >= 4 is 11.3 Å². The van der Waals surface area contributed by atoms with E-state index < -0.39 is 0 Å². The molecular formula is C10H17N3S. The van der Waals surface area contributed by atoms with Gasteiger partial charge in [-0.15, -0.1) is 11.3 Å². The quantitative estimate of drug-likeness (QED) is 0.785. The number of thiazole rings is 1. The number of aromatic nitrogens is 1. The first-order chi connectivity index (χ1) is 6.81. The van der Waals surface area contributed by atoms with Crippen LogP contribution in [0.4, 0.5) is 0 Å². The van der Waals surface area contributed by atoms with E-state index in [4.69, 9.17) is 5.73 Å². The maximum atomic E-state index is 5.53. The molecule has 1 saturated heterocycles. The van der Waals surface area contributed by atoms with E-state index in [9.17, 15) is 0 Å². The third kappa shape index (κ3) is 1.97. The van der Waals surface area contributed by atoms with Crippen molar-refractivity contribution in [1.29, 1.82) is 0 Å². The molecule has 1 aliphatic rings. The average Bonchev–Trinajstić information content (AvgIpc) is 2.74. The number of nitrogens with one attached hydrogen (secondary N) is 1. The van der Waals surface area contributed by atoms with Crippen LogP contribution in [0.15, 0.2) is 0 Å². The van der Waals surface area contributed by atoms with Crippen molar-refractivity contribution in [2.45, 2.75) is 25.7 Å². The summed E-state index contributed by atoms with van der Waals surface area (Å²) in [7, 11) is 0. The highest BCUT2D eigenvalue weighted by Gasteiger charge is 2.21. The normalized spacial score (nSPS) is 21.7. The van der Waals surface area contributed by atoms with Gasteiger partial charge in [0.15, 0.2) is 0 Å². The van der Waals surface area contributed by atoms with Crippen LogP contribution in [-0.4, -0.2) is 24.6 Å². The van der Waals surface area contributed by atoms with Gasteiger partial charge in [-0.25, -0.2) is 4.98 Å². The van der Waals surface area contributed by atoms with Crippen LogP contribution in [0.3, 0.4) is 0 Å². The highest BCUT2D eigenvalue weighted by molar-refractivity contribution is 7.11. The van der Waals surface area contributed by atoms with Crippen LogP contribution in [0.5, 0.6) is 0 Å². The average molecular weight is 211 g/mol. The molecule has 3 N–H and O–H groups in total. The number of aryl methyl sites for hydroxylation is 1. The van der Waals surface area contributed by atoms with Gasteiger partial charge in [-0.1, -0.05) is 0 Å². The minimum atomic E-state index is 0.637. The van der Waals surface area contributed by atoms with Crippen LogP contribution in [0.1, 0.15) is 27.9 Å². The maximum absolute atomic E-state index is 5.53. The third-order valence-electron chi connectivity index (χ3n) is 2.68. The Morgan fingerprint density at radius 3 is 3.14 bits per heavy atom. The molecule has 2 rings (SSSR count). The van der Waals surface area contributed by atoms with Crippen LogP contribution in [0, 0.1) is 6.92 Å². The van der Waals surface area contributed by atoms with Gasteiger partial charge in [0, 0.05) is 23.8 Å². The van der Waals surface area contributed by atoms with Crippen molar-refractivity contribution in [3.63, 3.8) is 0 Å². The van der Waals surface area contributed by atoms with Crippen molar-refractivity contribution in [1.82, 2.24) is 10.3 Å². The van der Waals surface area contributed by atoms with Crippen molar-refractivity contribution in [2.24, 2.45) is 5.73 Å². The molecule has 0 aliphatic carbocycles. The third-order valence-corrected chi connectivity index (χ3v) is 3.73. The van der Waals surface area contributed by atoms with Gasteiger partial charge in [0.05, 0.1) is 10.7 Å². The Morgan fingerprint density at radius 1 is 1.64 bits per heavy atom. The molecule has 0 saturated carbocycles. The summed E-state index contributed by atoms with van der Waals surface area (Å²) in [5.74, 6) is 0.637. The topological polar surface area (TPSA) is 50.9 Å². The fourth-order valence-electron chi connectivity index (χ4n) is 1.96. The number of nitrogens with two attached hydrogens (primary N) is 1. The Bertz CT molecular complexity index is 302. The molecular weight excluding hydrogens is 194 g/mol. The van der Waals surface area contributed by atoms with Crippen LogP contribution in [-0.2, 0) is 6.42 Å². The number of nitrogens with zero attached hydrogens (tertiary/aromatic N) is 1. The van der Waals surface area contributed by atoms with Gasteiger partial charge >= 0.3 is 0 Å². The first kappa shape index (κ1) is 10.1. The van der Waals surface area contributed by atoms with Gasteiger partial charge in [-0.05, 0) is 26.4 Å². The maximum Gasteiger partial charge on any atom is 0.0943 e. The summed E-state index contributed by atoms with van der Waals surface area (Å²) in [6, 6.07) is 0. The van der Waals surface area contributed by atoms with Crippen LogP contribution >= 0.6 is 11.3 Å². The Morgan fingerprint density at radius 2 is 2.50 bits per heavy atom. The summed E-state index contributed by atoms with van der Waals surface area (Å²) in [4.78, 5) is 6.06. The lowest BCUT2D eigenvalue weighted by molar-refractivity contribution is 0.730. The lowest BCUT2D eigenvalue weighted by atomic mass is 10.0. The monoisotopic (exact) mass is 211 g/mol. The first-order valence-electron chi connectivity index (χ1n) is 5.18. The molecule has 4 heteroatoms. The highest BCUT2D eigenvalue weighted by atomic mass is 32.1. The van der Waals surface area contributed by atoms with Gasteiger partial charge < -0.3 is 11.1 Å². The van der Waals surface area contributed by atoms with Crippen LogP contribution < -0.4 is 11.1 Å². The number of hydrogen-bond acceptors (Lipinski definition) is 4. The first-order valence-corrected chi connectivity index (χ1v) is 6.00. The summed E-state index contributed by atoms with van der Waals surface area (Å²) < 4.78 is 0. The van der Waals surface area contributed by atoms with Gasteiger partial charge in [0.1, 0.15) is 0 Å². The standard InChI is InChI=1S/C10H17N3S/c1-7-10(8-3-5-12-6-8)13-9(14-7)2-4-11/h8,12H,2-6,11H2,1H3. The summed E-state index contributed by atoms with van der Waals surface area (Å²) in [6.45, 7) is 5.10. The molecule has 0 spiro atoms. The number of hydrogen-bond donors (Lipinski definition) is 2. The van der Waals surface area contributed by atoms with Crippen molar-refractivity contribution in [3.8, 4) is 0 Å². The molecule has 1 aromatic rings. The molecule has 0 amide bonds. The molecule has 1 aliphatic heterocycles. The second-order valence-corrected chi connectivity index (χ2v) is 5.07. The smallest absolute Gasteiger partial charge is 0.0943 e. The van der Waals surface area contributed by atoms with Gasteiger partial charge in [-0.2, -0.15) is 0 Å². The lowest BCUT2D eigenvalue weighted by Crippen LogP contribution is -2.09. The summed E-state index contributed by atoms with van der Waals surface area (Å²) in [5, 5.41) is 4.58. The molecule has 3 nitrogen and oxygen atoms in total. The van der Waals surface area contributed by atoms with E-state index in [1.54, 1.807) is 11.3 Å². The summed E-state index contributed by atoms with van der Waals surface area (Å²) >= 11 is 1.81. The zero-order valence-corrected chi connectivity index (χ0v) is 9.36. The van der Waals surface area contributed by atoms with Crippen molar-refractivity contribution in [3.05, 3.63) is 15.6 Å². The second-order valence-electron chi connectivity index (χ2n) is 3.78. The largest absolute Gasteiger partial charge is 0.330 e. The van der Waals surface area contributed by atoms with E-state index in [1.807, 2.05) is 0 Å². The molecule has 14 heavy (non-hydrogen) atoms. The molecule has 0 bridgehead atoms. The van der Waals surface area contributed by atoms with Crippen LogP contribution in [0.25, 0.3) is 0 Å². The molecule has 78 valence electrons. The summed E-state index contributed by atoms with van der Waals surface area (Å²) in [6.07, 6.45) is 2.15. The predicted octanol–water partition coefficient (Wildman–Crippen LogP) is 1.03. The molecule has 1 aromatic heterocycles. The molecule has 1 unspecified atom stereocenters. The molecule has 0 radical (unpaired) electrons. The van der Waals surface area contributed by atoms with Crippen LogP contribution in [0.2, 0.25) is 0 Å². The Kier molecular flexibility index (Phi) is 3.15. The molecule has 1 atom stereocenters. The van der Waals surface area contributed by atoms with E-state index in [0.29, 0.717) is 12.5 Å². The fourth-order valence-corrected chi connectivity index (χ4v) is 3.00. The Balaban J connectivity index is 2.15. The van der Waals surface area contributed by atoms with Crippen molar-refractivity contribution in [2.75, 3.05) is 19.6 Å². The van der Waals surface area contributed by atoms with Crippen molar-refractivity contribution < 1.29 is 0 Å². The predicted molar refractivity (Wildman–Crippen MR) is 59.8 cm³/mol. The molecule has 2 heterocycles. The minimum Gasteiger partial charge on any atom is -0.330 e. The van der Waals surface area contributed by atoms with E-state index in [0.717, 1.165) is 19.5 Å². The lowest BCUT2D eigenvalue weighted by Gasteiger charge is -2.04. The second kappa shape index (κ2) is 4.38.